The molecule has 4 N–H and O–H groups in total. The molecule has 5 nitrogen and oxygen atoms in total. The van der Waals surface area contributed by atoms with Gasteiger partial charge in [0.1, 0.15) is 11.4 Å². The number of H-pyrrole nitrogens is 1. The lowest BCUT2D eigenvalue weighted by atomic mass is 10.1. The predicted molar refractivity (Wildman–Crippen MR) is 94.7 cm³/mol. The Hall–Kier alpha value is -2.69. The van der Waals surface area contributed by atoms with Crippen LogP contribution in [0.25, 0.3) is 11.0 Å². The molecular formula is C18H22N4O. The zero-order valence-corrected chi connectivity index (χ0v) is 13.7. The first-order valence-electron chi connectivity index (χ1n) is 7.66. The van der Waals surface area contributed by atoms with Crippen LogP contribution in [-0.4, -0.2) is 15.6 Å². The van der Waals surface area contributed by atoms with Crippen molar-refractivity contribution in [3.63, 3.8) is 0 Å². The molecule has 0 bridgehead atoms. The van der Waals surface area contributed by atoms with Crippen LogP contribution in [0.15, 0.2) is 42.5 Å². The lowest BCUT2D eigenvalue weighted by Crippen LogP contribution is -2.22. The molecule has 0 fully saturated rings. The molecule has 2 aromatic carbocycles. The third-order valence-electron chi connectivity index (χ3n) is 3.31. The predicted octanol–water partition coefficient (Wildman–Crippen LogP) is 3.93. The Kier molecular flexibility index (Phi) is 3.86. The largest absolute Gasteiger partial charge is 0.488 e. The zero-order chi connectivity index (χ0) is 16.4. The van der Waals surface area contributed by atoms with E-state index in [1.54, 1.807) is 0 Å². The molecule has 0 spiro atoms. The number of aromatic amines is 1. The Morgan fingerprint density at radius 1 is 1.13 bits per heavy atom. The van der Waals surface area contributed by atoms with E-state index in [-0.39, 0.29) is 5.60 Å². The molecule has 0 saturated carbocycles. The number of nitrogens with zero attached hydrogens (tertiary/aromatic N) is 1. The summed E-state index contributed by atoms with van der Waals surface area (Å²) in [5.74, 6) is 1.61. The van der Waals surface area contributed by atoms with Crippen LogP contribution in [0, 0.1) is 0 Å². The van der Waals surface area contributed by atoms with Gasteiger partial charge in [0.05, 0.1) is 11.0 Å². The van der Waals surface area contributed by atoms with E-state index in [0.29, 0.717) is 6.54 Å². The summed E-state index contributed by atoms with van der Waals surface area (Å²) in [5, 5.41) is 3.29. The minimum Gasteiger partial charge on any atom is -0.488 e. The van der Waals surface area contributed by atoms with E-state index in [2.05, 4.69) is 27.4 Å². The molecule has 1 heterocycles. The first-order valence-corrected chi connectivity index (χ1v) is 7.66. The summed E-state index contributed by atoms with van der Waals surface area (Å²) in [5.41, 5.74) is 9.30. The standard InChI is InChI=1S/C18H22N4O/c1-18(2,3)23-14-7-4-12(5-8-14)11-20-17-21-15-9-6-13(19)10-16(15)22-17/h4-10H,11,19H2,1-3H3,(H2,20,21,22). The van der Waals surface area contributed by atoms with Gasteiger partial charge in [-0.15, -0.1) is 0 Å². The number of nitrogen functional groups attached to an aromatic ring is 1. The number of imidazole rings is 1. The van der Waals surface area contributed by atoms with E-state index in [9.17, 15) is 0 Å². The van der Waals surface area contributed by atoms with Crippen molar-refractivity contribution in [1.29, 1.82) is 0 Å². The number of rotatable bonds is 4. The number of anilines is 2. The van der Waals surface area contributed by atoms with Gasteiger partial charge >= 0.3 is 0 Å². The normalized spacial score (nSPS) is 11.6. The third-order valence-corrected chi connectivity index (χ3v) is 3.31. The van der Waals surface area contributed by atoms with Crippen LogP contribution in [0.1, 0.15) is 26.3 Å². The highest BCUT2D eigenvalue weighted by Crippen LogP contribution is 2.20. The molecule has 0 radical (unpaired) electrons. The molecule has 3 rings (SSSR count). The monoisotopic (exact) mass is 310 g/mol. The fourth-order valence-corrected chi connectivity index (χ4v) is 2.33. The van der Waals surface area contributed by atoms with Gasteiger partial charge in [-0.05, 0) is 56.7 Å². The van der Waals surface area contributed by atoms with Gasteiger partial charge in [0, 0.05) is 12.2 Å². The van der Waals surface area contributed by atoms with Gasteiger partial charge in [0.2, 0.25) is 5.95 Å². The number of aromatic nitrogens is 2. The summed E-state index contributed by atoms with van der Waals surface area (Å²) in [4.78, 5) is 7.71. The molecule has 5 heteroatoms. The highest BCUT2D eigenvalue weighted by molar-refractivity contribution is 5.80. The molecule has 0 amide bonds. The molecule has 1 aromatic heterocycles. The summed E-state index contributed by atoms with van der Waals surface area (Å²) < 4.78 is 5.82. The molecule has 0 aliphatic heterocycles. The number of ether oxygens (including phenoxy) is 1. The second-order valence-corrected chi connectivity index (χ2v) is 6.57. The maximum atomic E-state index is 5.82. The van der Waals surface area contributed by atoms with Crippen LogP contribution < -0.4 is 15.8 Å². The number of nitrogens with two attached hydrogens (primary N) is 1. The molecule has 0 unspecified atom stereocenters. The van der Waals surface area contributed by atoms with Gasteiger partial charge in [-0.25, -0.2) is 4.98 Å². The van der Waals surface area contributed by atoms with Crippen molar-refractivity contribution < 1.29 is 4.74 Å². The van der Waals surface area contributed by atoms with Crippen LogP contribution >= 0.6 is 0 Å². The highest BCUT2D eigenvalue weighted by atomic mass is 16.5. The minimum atomic E-state index is -0.185. The molecular weight excluding hydrogens is 288 g/mol. The van der Waals surface area contributed by atoms with Crippen molar-refractivity contribution in [3.05, 3.63) is 48.0 Å². The van der Waals surface area contributed by atoms with Crippen molar-refractivity contribution in [1.82, 2.24) is 9.97 Å². The molecule has 0 saturated heterocycles. The number of benzene rings is 2. The molecule has 0 atom stereocenters. The van der Waals surface area contributed by atoms with Gasteiger partial charge in [-0.2, -0.15) is 0 Å². The van der Waals surface area contributed by atoms with Gasteiger partial charge in [0.15, 0.2) is 0 Å². The van der Waals surface area contributed by atoms with E-state index < -0.39 is 0 Å². The molecule has 3 aromatic rings. The van der Waals surface area contributed by atoms with Crippen molar-refractivity contribution in [2.75, 3.05) is 11.1 Å². The Morgan fingerprint density at radius 3 is 2.57 bits per heavy atom. The summed E-state index contributed by atoms with van der Waals surface area (Å²) >= 11 is 0. The van der Waals surface area contributed by atoms with Crippen LogP contribution in [0.2, 0.25) is 0 Å². The van der Waals surface area contributed by atoms with Gasteiger partial charge in [-0.1, -0.05) is 12.1 Å². The number of nitrogens with one attached hydrogen (secondary N) is 2. The van der Waals surface area contributed by atoms with Crippen molar-refractivity contribution >= 4 is 22.7 Å². The highest BCUT2D eigenvalue weighted by Gasteiger charge is 2.11. The lowest BCUT2D eigenvalue weighted by molar-refractivity contribution is 0.131. The SMILES string of the molecule is CC(C)(C)Oc1ccc(CNc2nc3ccc(N)cc3[nH]2)cc1. The first-order chi connectivity index (χ1) is 10.9. The third kappa shape index (κ3) is 3.94. The average molecular weight is 310 g/mol. The Balaban J connectivity index is 1.65. The van der Waals surface area contributed by atoms with E-state index in [1.807, 2.05) is 51.1 Å². The minimum absolute atomic E-state index is 0.185. The molecule has 0 aliphatic carbocycles. The smallest absolute Gasteiger partial charge is 0.201 e. The summed E-state index contributed by atoms with van der Waals surface area (Å²) in [6, 6.07) is 13.7. The van der Waals surface area contributed by atoms with Crippen LogP contribution in [0.3, 0.4) is 0 Å². The maximum absolute atomic E-state index is 5.82. The average Bonchev–Trinajstić information content (AvgIpc) is 2.87. The fraction of sp³-hybridized carbons (Fsp3) is 0.278. The Labute approximate surface area is 135 Å². The number of fused-ring (bicyclic) bond motifs is 1. The van der Waals surface area contributed by atoms with Gasteiger partial charge < -0.3 is 20.8 Å². The Bertz CT molecular complexity index is 800. The maximum Gasteiger partial charge on any atom is 0.201 e. The lowest BCUT2D eigenvalue weighted by Gasteiger charge is -2.21. The molecule has 23 heavy (non-hydrogen) atoms. The second kappa shape index (κ2) is 5.83. The quantitative estimate of drug-likeness (QED) is 0.638. The number of hydrogen-bond acceptors (Lipinski definition) is 4. The summed E-state index contributed by atoms with van der Waals surface area (Å²) in [7, 11) is 0. The van der Waals surface area contributed by atoms with Crippen LogP contribution in [0.4, 0.5) is 11.6 Å². The van der Waals surface area contributed by atoms with Crippen LogP contribution in [-0.2, 0) is 6.54 Å². The van der Waals surface area contributed by atoms with Crippen molar-refractivity contribution in [3.8, 4) is 5.75 Å². The summed E-state index contributed by atoms with van der Waals surface area (Å²) in [6.07, 6.45) is 0. The topological polar surface area (TPSA) is 76.0 Å². The van der Waals surface area contributed by atoms with Crippen molar-refractivity contribution in [2.24, 2.45) is 0 Å². The Morgan fingerprint density at radius 2 is 1.87 bits per heavy atom. The van der Waals surface area contributed by atoms with E-state index >= 15 is 0 Å². The second-order valence-electron chi connectivity index (χ2n) is 6.57. The molecule has 120 valence electrons. The van der Waals surface area contributed by atoms with E-state index in [4.69, 9.17) is 10.5 Å². The molecule has 0 aliphatic rings. The van der Waals surface area contributed by atoms with Crippen molar-refractivity contribution in [2.45, 2.75) is 32.9 Å². The first kappa shape index (κ1) is 15.2. The summed E-state index contributed by atoms with van der Waals surface area (Å²) in [6.45, 7) is 6.80. The number of hydrogen-bond donors (Lipinski definition) is 3. The van der Waals surface area contributed by atoms with Gasteiger partial charge in [-0.3, -0.25) is 0 Å². The zero-order valence-electron chi connectivity index (χ0n) is 13.7. The van der Waals surface area contributed by atoms with Crippen LogP contribution in [0.5, 0.6) is 5.75 Å². The fourth-order valence-electron chi connectivity index (χ4n) is 2.33. The van der Waals surface area contributed by atoms with E-state index in [1.165, 1.54) is 0 Å². The van der Waals surface area contributed by atoms with Gasteiger partial charge in [0.25, 0.3) is 0 Å². The van der Waals surface area contributed by atoms with E-state index in [0.717, 1.165) is 34.0 Å².